The van der Waals surface area contributed by atoms with Gasteiger partial charge in [-0.2, -0.15) is 0 Å². The third-order valence-corrected chi connectivity index (χ3v) is 20.8. The highest BCUT2D eigenvalue weighted by molar-refractivity contribution is 7.03. The maximum atomic E-state index is 18.0. The summed E-state index contributed by atoms with van der Waals surface area (Å²) in [6.45, 7) is 12.9. The number of anilines is 12. The van der Waals surface area contributed by atoms with E-state index in [1.54, 1.807) is 24.3 Å². The van der Waals surface area contributed by atoms with Crippen LogP contribution >= 0.6 is 0 Å². The first-order valence-corrected chi connectivity index (χ1v) is 33.4. The van der Waals surface area contributed by atoms with E-state index in [-0.39, 0.29) is 35.9 Å². The van der Waals surface area contributed by atoms with Gasteiger partial charge in [-0.1, -0.05) is 193 Å². The van der Waals surface area contributed by atoms with Gasteiger partial charge in [0.15, 0.2) is 0 Å². The summed E-state index contributed by atoms with van der Waals surface area (Å²) < 4.78 is 40.7. The molecular formula is C86H64B2F2N6. The Bertz CT molecular complexity index is 5430. The van der Waals surface area contributed by atoms with Crippen molar-refractivity contribution in [2.75, 3.05) is 19.6 Å². The van der Waals surface area contributed by atoms with Crippen LogP contribution in [0.1, 0.15) is 52.7 Å². The third-order valence-electron chi connectivity index (χ3n) is 20.8. The molecule has 19 rings (SSSR count). The van der Waals surface area contributed by atoms with Gasteiger partial charge < -0.3 is 28.7 Å². The highest BCUT2D eigenvalue weighted by Crippen LogP contribution is 2.52. The largest absolute Gasteiger partial charge is 0.311 e. The van der Waals surface area contributed by atoms with E-state index >= 15 is 8.78 Å². The molecule has 0 saturated heterocycles. The number of nitrogens with zero attached hydrogens (tertiary/aromatic N) is 6. The quantitative estimate of drug-likeness (QED) is 0.155. The first-order chi connectivity index (χ1) is 46.8. The summed E-state index contributed by atoms with van der Waals surface area (Å²) in [5.41, 5.74) is 25.1. The van der Waals surface area contributed by atoms with Crippen LogP contribution in [0.5, 0.6) is 0 Å². The fourth-order valence-electron chi connectivity index (χ4n) is 16.5. The van der Waals surface area contributed by atoms with Gasteiger partial charge >= 0.3 is 0 Å². The Morgan fingerprint density at radius 3 is 1.00 bits per heavy atom. The molecule has 0 saturated carbocycles. The highest BCUT2D eigenvalue weighted by atomic mass is 19.1. The van der Waals surface area contributed by atoms with Crippen molar-refractivity contribution in [3.05, 3.63) is 302 Å². The topological polar surface area (TPSA) is 22.8 Å². The van der Waals surface area contributed by atoms with E-state index < -0.39 is 0 Å². The Kier molecular flexibility index (Phi) is 12.0. The van der Waals surface area contributed by atoms with Crippen LogP contribution in [0.2, 0.25) is 0 Å². The molecule has 4 aliphatic heterocycles. The van der Waals surface area contributed by atoms with Gasteiger partial charge in [0.25, 0.3) is 13.4 Å². The number of hydrogen-bond acceptors (Lipinski definition) is 4. The van der Waals surface area contributed by atoms with Crippen LogP contribution in [0.25, 0.3) is 55.0 Å². The maximum absolute atomic E-state index is 18.0. The molecule has 0 unspecified atom stereocenters. The minimum absolute atomic E-state index is 0.0840. The lowest BCUT2D eigenvalue weighted by Gasteiger charge is -2.47. The number of para-hydroxylation sites is 8. The summed E-state index contributed by atoms with van der Waals surface area (Å²) in [7, 11) is 0. The summed E-state index contributed by atoms with van der Waals surface area (Å²) >= 11 is 0. The van der Waals surface area contributed by atoms with E-state index in [4.69, 9.17) is 0 Å². The fraction of sp³-hybridized carbons (Fsp3) is 0.0930. The van der Waals surface area contributed by atoms with Gasteiger partial charge in [-0.15, -0.1) is 0 Å². The van der Waals surface area contributed by atoms with Crippen LogP contribution in [-0.4, -0.2) is 22.6 Å². The smallest absolute Gasteiger partial charge is 0.252 e. The molecule has 0 N–H and O–H groups in total. The Balaban J connectivity index is 0.947. The number of benzene rings is 13. The van der Waals surface area contributed by atoms with Crippen LogP contribution in [0.15, 0.2) is 279 Å². The number of fused-ring (bicyclic) bond motifs is 14. The summed E-state index contributed by atoms with van der Waals surface area (Å²) in [4.78, 5) is 9.19. The summed E-state index contributed by atoms with van der Waals surface area (Å²) in [6.07, 6.45) is 0. The lowest BCUT2D eigenvalue weighted by molar-refractivity contribution is 0.591. The van der Waals surface area contributed by atoms with Crippen molar-refractivity contribution in [2.45, 2.75) is 52.4 Å². The Morgan fingerprint density at radius 1 is 0.250 bits per heavy atom. The van der Waals surface area contributed by atoms with E-state index in [1.807, 2.05) is 24.3 Å². The van der Waals surface area contributed by atoms with Crippen molar-refractivity contribution < 1.29 is 8.78 Å². The Hall–Kier alpha value is -11.4. The molecule has 0 atom stereocenters. The maximum Gasteiger partial charge on any atom is 0.252 e. The predicted octanol–water partition coefficient (Wildman–Crippen LogP) is 18.9. The lowest BCUT2D eigenvalue weighted by atomic mass is 9.30. The second kappa shape index (κ2) is 20.6. The lowest BCUT2D eigenvalue weighted by Crippen LogP contribution is -2.65. The van der Waals surface area contributed by atoms with Gasteiger partial charge in [-0.05, 0) is 182 Å². The average molecular weight is 1240 g/mol. The van der Waals surface area contributed by atoms with Gasteiger partial charge in [0.2, 0.25) is 0 Å². The molecule has 0 radical (unpaired) electrons. The van der Waals surface area contributed by atoms with Gasteiger partial charge in [-0.3, -0.25) is 0 Å². The molecule has 2 aromatic heterocycles. The number of halogens is 2. The van der Waals surface area contributed by atoms with E-state index in [9.17, 15) is 0 Å². The molecule has 6 heterocycles. The van der Waals surface area contributed by atoms with Crippen LogP contribution in [0.3, 0.4) is 0 Å². The second-order valence-corrected chi connectivity index (χ2v) is 28.3. The summed E-state index contributed by atoms with van der Waals surface area (Å²) in [6, 6.07) is 98.7. The van der Waals surface area contributed by atoms with E-state index in [0.717, 1.165) is 134 Å². The van der Waals surface area contributed by atoms with Gasteiger partial charge in [-0.25, -0.2) is 8.78 Å². The van der Waals surface area contributed by atoms with Crippen molar-refractivity contribution >= 4 is 158 Å². The first-order valence-electron chi connectivity index (χ1n) is 33.4. The molecular weight excluding hydrogens is 1180 g/mol. The van der Waals surface area contributed by atoms with Crippen molar-refractivity contribution in [3.63, 3.8) is 0 Å². The minimum Gasteiger partial charge on any atom is -0.311 e. The van der Waals surface area contributed by atoms with Gasteiger partial charge in [0.1, 0.15) is 11.6 Å². The predicted molar refractivity (Wildman–Crippen MR) is 400 cm³/mol. The van der Waals surface area contributed by atoms with Gasteiger partial charge in [0.05, 0.1) is 44.8 Å². The molecule has 6 nitrogen and oxygen atoms in total. The molecule has 0 spiro atoms. The molecule has 10 heteroatoms. The van der Waals surface area contributed by atoms with Gasteiger partial charge in [0, 0.05) is 78.4 Å². The zero-order valence-corrected chi connectivity index (χ0v) is 54.2. The van der Waals surface area contributed by atoms with E-state index in [2.05, 4.69) is 301 Å². The average Bonchev–Trinajstić information content (AvgIpc) is 0.738. The molecule has 4 aliphatic rings. The minimum atomic E-state index is -0.366. The zero-order chi connectivity index (χ0) is 64.6. The number of rotatable bonds is 6. The second-order valence-electron chi connectivity index (χ2n) is 28.3. The van der Waals surface area contributed by atoms with Crippen LogP contribution < -0.4 is 52.4 Å². The highest BCUT2D eigenvalue weighted by Gasteiger charge is 2.49. The summed E-state index contributed by atoms with van der Waals surface area (Å²) in [5.74, 6) is -0.731. The Labute approximate surface area is 557 Å². The summed E-state index contributed by atoms with van der Waals surface area (Å²) in [5, 5.41) is 4.64. The normalized spacial score (nSPS) is 13.7. The van der Waals surface area contributed by atoms with Crippen LogP contribution in [-0.2, 0) is 10.8 Å². The molecule has 0 fully saturated rings. The molecule has 0 amide bonds. The van der Waals surface area contributed by atoms with E-state index in [0.29, 0.717) is 11.4 Å². The molecule has 15 aromatic rings. The van der Waals surface area contributed by atoms with Crippen molar-refractivity contribution in [1.29, 1.82) is 0 Å². The molecule has 0 aliphatic carbocycles. The van der Waals surface area contributed by atoms with E-state index in [1.165, 1.54) is 21.9 Å². The zero-order valence-electron chi connectivity index (χ0n) is 54.2. The molecule has 458 valence electrons. The monoisotopic (exact) mass is 1240 g/mol. The molecule has 13 aromatic carbocycles. The van der Waals surface area contributed by atoms with Crippen molar-refractivity contribution in [2.24, 2.45) is 0 Å². The standard InChI is InChI=1S/C86H64B2F2N6/c1-85(2,3)53-41-43-71-61(45-53)59-29-13-19-35-69(59)93(71)57-47-79-83-81(49-57)95(75-39-23-17-33-67(75)89)77-52-78-66(51-65(77)87(83)63-31-15-21-37-73(63)91(79)55-25-9-7-10-26-55)88-64-32-16-22-38-74(64)92(56-27-11-8-12-28-56)80-48-58(50-82(84(80)88)96(78)76-40-24-18-34-68(76)90)94-70-36-20-14-30-60(70)62-46-54(86(4,5)6)42-44-72(62)94/h7-52H,1-6H3. The van der Waals surface area contributed by atoms with Crippen LogP contribution in [0, 0.1) is 11.6 Å². The first kappa shape index (κ1) is 56.2. The third kappa shape index (κ3) is 8.11. The Morgan fingerprint density at radius 2 is 0.594 bits per heavy atom. The molecule has 0 bridgehead atoms. The van der Waals surface area contributed by atoms with Crippen molar-refractivity contribution in [3.8, 4) is 11.4 Å². The van der Waals surface area contributed by atoms with Crippen molar-refractivity contribution in [1.82, 2.24) is 9.13 Å². The number of hydrogen-bond donors (Lipinski definition) is 0. The van der Waals surface area contributed by atoms with Crippen LogP contribution in [0.4, 0.5) is 77.0 Å². The number of aromatic nitrogens is 2. The molecule has 96 heavy (non-hydrogen) atoms. The fourth-order valence-corrected chi connectivity index (χ4v) is 16.5. The SMILES string of the molecule is CC(C)(C)c1ccc2c(c1)c1ccccc1n2-c1cc2c3c(c1)N(c1ccccc1F)c1cc4c(cc1B3c1ccccc1N2c1ccccc1)B1c2ccccc2N(c2ccccc2)c2cc(-n3c5ccccc5c5cc(C(C)(C)C)ccc53)cc(c21)N4c1ccccc1F.